The van der Waals surface area contributed by atoms with Crippen LogP contribution in [0.2, 0.25) is 5.02 Å². The highest BCUT2D eigenvalue weighted by atomic mass is 35.5. The first-order valence-corrected chi connectivity index (χ1v) is 7.77. The molecule has 4 nitrogen and oxygen atoms in total. The third kappa shape index (κ3) is 5.11. The van der Waals surface area contributed by atoms with Crippen LogP contribution in [0.5, 0.6) is 0 Å². The summed E-state index contributed by atoms with van der Waals surface area (Å²) >= 11 is 5.93. The lowest BCUT2D eigenvalue weighted by Crippen LogP contribution is -2.35. The average Bonchev–Trinajstić information content (AvgIpc) is 2.53. The van der Waals surface area contributed by atoms with Crippen molar-refractivity contribution in [2.75, 3.05) is 5.32 Å². The first kappa shape index (κ1) is 17.0. The summed E-state index contributed by atoms with van der Waals surface area (Å²) < 4.78 is 0. The van der Waals surface area contributed by atoms with Crippen molar-refractivity contribution in [1.82, 2.24) is 5.43 Å². The SMILES string of the molecule is C/C(=N\NC(=O)[C@@H](C)Nc1cccc(Cl)c1)c1ccc(C)cc1. The molecule has 2 N–H and O–H groups in total. The molecule has 0 unspecified atom stereocenters. The molecule has 0 aromatic heterocycles. The van der Waals surface area contributed by atoms with E-state index < -0.39 is 6.04 Å². The van der Waals surface area contributed by atoms with Crippen LogP contribution in [0.4, 0.5) is 5.69 Å². The third-order valence-corrected chi connectivity index (χ3v) is 3.64. The molecule has 0 bridgehead atoms. The maximum atomic E-state index is 12.1. The number of aryl methyl sites for hydroxylation is 1. The molecule has 0 fully saturated rings. The molecule has 2 aromatic carbocycles. The molecular formula is C18H20ClN3O. The number of hydrogen-bond donors (Lipinski definition) is 2. The Bertz CT molecular complexity index is 710. The fraction of sp³-hybridized carbons (Fsp3) is 0.222. The van der Waals surface area contributed by atoms with Gasteiger partial charge in [-0.3, -0.25) is 4.79 Å². The van der Waals surface area contributed by atoms with Gasteiger partial charge in [-0.05, 0) is 44.5 Å². The molecule has 1 atom stereocenters. The van der Waals surface area contributed by atoms with Gasteiger partial charge in [0.25, 0.3) is 5.91 Å². The van der Waals surface area contributed by atoms with E-state index in [0.29, 0.717) is 5.02 Å². The van der Waals surface area contributed by atoms with Gasteiger partial charge in [0.05, 0.1) is 5.71 Å². The molecule has 120 valence electrons. The number of carbonyl (C=O) groups is 1. The van der Waals surface area contributed by atoms with Gasteiger partial charge in [0.15, 0.2) is 0 Å². The van der Waals surface area contributed by atoms with Gasteiger partial charge in [0.1, 0.15) is 6.04 Å². The minimum Gasteiger partial charge on any atom is -0.374 e. The quantitative estimate of drug-likeness (QED) is 0.643. The molecule has 0 aliphatic heterocycles. The zero-order valence-corrected chi connectivity index (χ0v) is 14.2. The Morgan fingerprint density at radius 1 is 1.17 bits per heavy atom. The van der Waals surface area contributed by atoms with Crippen molar-refractivity contribution < 1.29 is 4.79 Å². The van der Waals surface area contributed by atoms with Crippen molar-refractivity contribution in [2.24, 2.45) is 5.10 Å². The topological polar surface area (TPSA) is 53.5 Å². The Hall–Kier alpha value is -2.33. The van der Waals surface area contributed by atoms with E-state index in [2.05, 4.69) is 15.8 Å². The summed E-state index contributed by atoms with van der Waals surface area (Å²) in [6, 6.07) is 14.8. The normalized spacial score (nSPS) is 12.6. The van der Waals surface area contributed by atoms with Crippen LogP contribution >= 0.6 is 11.6 Å². The third-order valence-electron chi connectivity index (χ3n) is 3.40. The highest BCUT2D eigenvalue weighted by Crippen LogP contribution is 2.15. The highest BCUT2D eigenvalue weighted by molar-refractivity contribution is 6.30. The van der Waals surface area contributed by atoms with Crippen molar-refractivity contribution in [3.63, 3.8) is 0 Å². The standard InChI is InChI=1S/C18H20ClN3O/c1-12-7-9-15(10-8-12)13(2)21-22-18(23)14(3)20-17-6-4-5-16(19)11-17/h4-11,14,20H,1-3H3,(H,22,23)/b21-13+/t14-/m1/s1. The predicted octanol–water partition coefficient (Wildman–Crippen LogP) is 3.99. The van der Waals surface area contributed by atoms with Crippen molar-refractivity contribution in [3.8, 4) is 0 Å². The van der Waals surface area contributed by atoms with Gasteiger partial charge in [-0.25, -0.2) is 5.43 Å². The zero-order chi connectivity index (χ0) is 16.8. The summed E-state index contributed by atoms with van der Waals surface area (Å²) in [5, 5.41) is 7.86. The largest absolute Gasteiger partial charge is 0.374 e. The summed E-state index contributed by atoms with van der Waals surface area (Å²) in [6.45, 7) is 5.66. The Labute approximate surface area is 141 Å². The molecule has 0 saturated carbocycles. The van der Waals surface area contributed by atoms with Crippen molar-refractivity contribution in [2.45, 2.75) is 26.8 Å². The Kier molecular flexibility index (Phi) is 5.77. The summed E-state index contributed by atoms with van der Waals surface area (Å²) in [7, 11) is 0. The van der Waals surface area contributed by atoms with E-state index in [0.717, 1.165) is 17.0 Å². The van der Waals surface area contributed by atoms with Crippen molar-refractivity contribution in [3.05, 3.63) is 64.7 Å². The Balaban J connectivity index is 1.95. The van der Waals surface area contributed by atoms with Gasteiger partial charge in [-0.15, -0.1) is 0 Å². The highest BCUT2D eigenvalue weighted by Gasteiger charge is 2.12. The molecule has 0 radical (unpaired) electrons. The molecule has 2 aromatic rings. The number of halogens is 1. The van der Waals surface area contributed by atoms with Gasteiger partial charge in [0.2, 0.25) is 0 Å². The Morgan fingerprint density at radius 2 is 1.87 bits per heavy atom. The van der Waals surface area contributed by atoms with E-state index in [1.165, 1.54) is 5.56 Å². The molecule has 5 heteroatoms. The van der Waals surface area contributed by atoms with E-state index >= 15 is 0 Å². The predicted molar refractivity (Wildman–Crippen MR) is 96.1 cm³/mol. The molecule has 0 aliphatic rings. The monoisotopic (exact) mass is 329 g/mol. The smallest absolute Gasteiger partial charge is 0.262 e. The number of amides is 1. The molecular weight excluding hydrogens is 310 g/mol. The van der Waals surface area contributed by atoms with Crippen LogP contribution in [-0.4, -0.2) is 17.7 Å². The second kappa shape index (κ2) is 7.79. The van der Waals surface area contributed by atoms with Crippen LogP contribution in [0.3, 0.4) is 0 Å². The van der Waals surface area contributed by atoms with Gasteiger partial charge < -0.3 is 5.32 Å². The summed E-state index contributed by atoms with van der Waals surface area (Å²) in [4.78, 5) is 12.1. The van der Waals surface area contributed by atoms with Crippen LogP contribution in [0.25, 0.3) is 0 Å². The maximum absolute atomic E-state index is 12.1. The van der Waals surface area contributed by atoms with E-state index in [9.17, 15) is 4.79 Å². The van der Waals surface area contributed by atoms with Gasteiger partial charge >= 0.3 is 0 Å². The van der Waals surface area contributed by atoms with Gasteiger partial charge in [-0.2, -0.15) is 5.10 Å². The van der Waals surface area contributed by atoms with Crippen molar-refractivity contribution in [1.29, 1.82) is 0 Å². The lowest BCUT2D eigenvalue weighted by Gasteiger charge is -2.14. The lowest BCUT2D eigenvalue weighted by molar-refractivity contribution is -0.121. The lowest BCUT2D eigenvalue weighted by atomic mass is 10.1. The summed E-state index contributed by atoms with van der Waals surface area (Å²) in [6.07, 6.45) is 0. The zero-order valence-electron chi connectivity index (χ0n) is 13.4. The number of carbonyl (C=O) groups excluding carboxylic acids is 1. The molecule has 23 heavy (non-hydrogen) atoms. The van der Waals surface area contributed by atoms with Gasteiger partial charge in [-0.1, -0.05) is 47.5 Å². The van der Waals surface area contributed by atoms with Crippen LogP contribution in [0, 0.1) is 6.92 Å². The summed E-state index contributed by atoms with van der Waals surface area (Å²) in [5.41, 5.74) is 6.30. The van der Waals surface area contributed by atoms with Crippen LogP contribution in [0.15, 0.2) is 53.6 Å². The maximum Gasteiger partial charge on any atom is 0.262 e. The number of benzene rings is 2. The first-order valence-electron chi connectivity index (χ1n) is 7.39. The minimum absolute atomic E-state index is 0.212. The van der Waals surface area contributed by atoms with E-state index in [4.69, 9.17) is 11.6 Å². The molecule has 0 heterocycles. The number of rotatable bonds is 5. The fourth-order valence-corrected chi connectivity index (χ4v) is 2.18. The summed E-state index contributed by atoms with van der Waals surface area (Å²) in [5.74, 6) is -0.212. The van der Waals surface area contributed by atoms with Crippen LogP contribution < -0.4 is 10.7 Å². The average molecular weight is 330 g/mol. The number of hydrogen-bond acceptors (Lipinski definition) is 3. The number of nitrogens with one attached hydrogen (secondary N) is 2. The molecule has 1 amide bonds. The van der Waals surface area contributed by atoms with E-state index in [-0.39, 0.29) is 5.91 Å². The van der Waals surface area contributed by atoms with Gasteiger partial charge in [0, 0.05) is 10.7 Å². The Morgan fingerprint density at radius 3 is 2.52 bits per heavy atom. The number of hydrazone groups is 1. The second-order valence-corrected chi connectivity index (χ2v) is 5.85. The molecule has 0 spiro atoms. The van der Waals surface area contributed by atoms with Crippen molar-refractivity contribution >= 4 is 28.9 Å². The van der Waals surface area contributed by atoms with E-state index in [1.807, 2.05) is 50.2 Å². The molecule has 2 rings (SSSR count). The second-order valence-electron chi connectivity index (χ2n) is 5.42. The first-order chi connectivity index (χ1) is 11.0. The fourth-order valence-electron chi connectivity index (χ4n) is 1.99. The molecule has 0 aliphatic carbocycles. The number of anilines is 1. The van der Waals surface area contributed by atoms with Crippen LogP contribution in [0.1, 0.15) is 25.0 Å². The van der Waals surface area contributed by atoms with E-state index in [1.54, 1.807) is 19.1 Å². The number of nitrogens with zero attached hydrogens (tertiary/aromatic N) is 1. The minimum atomic E-state index is -0.428. The molecule has 0 saturated heterocycles. The van der Waals surface area contributed by atoms with Crippen LogP contribution in [-0.2, 0) is 4.79 Å².